The Morgan fingerprint density at radius 2 is 1.64 bits per heavy atom. The van der Waals surface area contributed by atoms with Gasteiger partial charge in [-0.3, -0.25) is 9.59 Å². The first-order valence-electron chi connectivity index (χ1n) is 8.46. The Bertz CT molecular complexity index is 714. The summed E-state index contributed by atoms with van der Waals surface area (Å²) in [6, 6.07) is 17.1. The molecule has 2 aromatic rings. The van der Waals surface area contributed by atoms with Gasteiger partial charge >= 0.3 is 0 Å². The van der Waals surface area contributed by atoms with Crippen LogP contribution >= 0.6 is 0 Å². The Balaban J connectivity index is 1.91. The van der Waals surface area contributed by atoms with Gasteiger partial charge in [-0.1, -0.05) is 56.3 Å². The maximum absolute atomic E-state index is 12.2. The van der Waals surface area contributed by atoms with Crippen molar-refractivity contribution in [3.8, 4) is 0 Å². The topological polar surface area (TPSA) is 84.2 Å². The third kappa shape index (κ3) is 5.43. The fourth-order valence-electron chi connectivity index (χ4n) is 2.76. The number of hydrogen-bond donors (Lipinski definition) is 3. The van der Waals surface area contributed by atoms with Crippen LogP contribution in [0.5, 0.6) is 0 Å². The summed E-state index contributed by atoms with van der Waals surface area (Å²) in [5, 5.41) is 6.19. The fourth-order valence-corrected chi connectivity index (χ4v) is 2.76. The van der Waals surface area contributed by atoms with Crippen molar-refractivity contribution < 1.29 is 9.59 Å². The van der Waals surface area contributed by atoms with Gasteiger partial charge in [0.2, 0.25) is 5.91 Å². The second-order valence-corrected chi connectivity index (χ2v) is 6.29. The molecular formula is C20H25N3O2. The normalized spacial score (nSPS) is 12.0. The molecule has 1 atom stereocenters. The Morgan fingerprint density at radius 1 is 1.00 bits per heavy atom. The minimum atomic E-state index is -0.557. The quantitative estimate of drug-likeness (QED) is 0.691. The van der Waals surface area contributed by atoms with Gasteiger partial charge in [0.05, 0.1) is 11.3 Å². The van der Waals surface area contributed by atoms with E-state index in [-0.39, 0.29) is 11.9 Å². The first kappa shape index (κ1) is 18.7. The van der Waals surface area contributed by atoms with E-state index in [4.69, 9.17) is 5.73 Å². The van der Waals surface area contributed by atoms with Crippen LogP contribution in [-0.2, 0) is 4.79 Å². The first-order valence-corrected chi connectivity index (χ1v) is 8.46. The summed E-state index contributed by atoms with van der Waals surface area (Å²) in [4.78, 5) is 23.6. The Morgan fingerprint density at radius 3 is 2.28 bits per heavy atom. The number of carbonyl (C=O) groups excluding carboxylic acids is 2. The Kier molecular flexibility index (Phi) is 6.71. The highest BCUT2D eigenvalue weighted by atomic mass is 16.2. The molecule has 25 heavy (non-hydrogen) atoms. The van der Waals surface area contributed by atoms with Crippen molar-refractivity contribution in [1.82, 2.24) is 5.32 Å². The highest BCUT2D eigenvalue weighted by Gasteiger charge is 2.15. The maximum Gasteiger partial charge on any atom is 0.250 e. The summed E-state index contributed by atoms with van der Waals surface area (Å²) in [6.07, 6.45) is 0.309. The lowest BCUT2D eigenvalue weighted by Crippen LogP contribution is -2.29. The molecule has 0 fully saturated rings. The Hall–Kier alpha value is -2.66. The summed E-state index contributed by atoms with van der Waals surface area (Å²) in [7, 11) is 0. The third-order valence-corrected chi connectivity index (χ3v) is 4.01. The van der Waals surface area contributed by atoms with E-state index in [0.29, 0.717) is 30.1 Å². The zero-order valence-corrected chi connectivity index (χ0v) is 14.7. The molecule has 0 aliphatic heterocycles. The zero-order chi connectivity index (χ0) is 18.2. The van der Waals surface area contributed by atoms with Crippen LogP contribution in [0.3, 0.4) is 0 Å². The van der Waals surface area contributed by atoms with Crippen LogP contribution in [0, 0.1) is 5.92 Å². The number of anilines is 1. The predicted molar refractivity (Wildman–Crippen MR) is 100 cm³/mol. The van der Waals surface area contributed by atoms with Crippen molar-refractivity contribution in [2.75, 3.05) is 11.9 Å². The van der Waals surface area contributed by atoms with Gasteiger partial charge < -0.3 is 16.4 Å². The van der Waals surface area contributed by atoms with Crippen molar-refractivity contribution in [1.29, 1.82) is 0 Å². The van der Waals surface area contributed by atoms with Crippen LogP contribution in [0.15, 0.2) is 54.6 Å². The molecule has 5 heteroatoms. The number of benzene rings is 2. The number of primary amides is 1. The average Bonchev–Trinajstić information content (AvgIpc) is 2.59. The van der Waals surface area contributed by atoms with Crippen molar-refractivity contribution in [3.63, 3.8) is 0 Å². The molecule has 0 aliphatic carbocycles. The smallest absolute Gasteiger partial charge is 0.250 e. The maximum atomic E-state index is 12.2. The molecule has 0 spiro atoms. The molecule has 0 unspecified atom stereocenters. The van der Waals surface area contributed by atoms with Gasteiger partial charge in [0, 0.05) is 19.0 Å². The van der Waals surface area contributed by atoms with E-state index >= 15 is 0 Å². The van der Waals surface area contributed by atoms with Crippen molar-refractivity contribution >= 4 is 17.5 Å². The molecule has 0 heterocycles. The fraction of sp³-hybridized carbons (Fsp3) is 0.300. The lowest BCUT2D eigenvalue weighted by Gasteiger charge is -2.23. The largest absolute Gasteiger partial charge is 0.366 e. The molecule has 2 rings (SSSR count). The standard InChI is InChI=1S/C20H25N3O2/c1-14(2)19(15-8-4-3-5-9-15)22-13-12-18(24)23-17-11-7-6-10-16(17)20(21)25/h3-11,14,19,22H,12-13H2,1-2H3,(H2,21,25)(H,23,24)/t19-/m0/s1. The van der Waals surface area contributed by atoms with E-state index in [9.17, 15) is 9.59 Å². The van der Waals surface area contributed by atoms with Crippen molar-refractivity contribution in [2.45, 2.75) is 26.3 Å². The van der Waals surface area contributed by atoms with Gasteiger partial charge in [-0.2, -0.15) is 0 Å². The molecule has 0 aliphatic rings. The SMILES string of the molecule is CC(C)[C@H](NCCC(=O)Nc1ccccc1C(N)=O)c1ccccc1. The van der Waals surface area contributed by atoms with Gasteiger partial charge in [0.1, 0.15) is 0 Å². The van der Waals surface area contributed by atoms with Gasteiger partial charge in [0.25, 0.3) is 5.91 Å². The summed E-state index contributed by atoms with van der Waals surface area (Å²) in [6.45, 7) is 4.84. The molecule has 2 amide bonds. The molecule has 0 saturated heterocycles. The minimum absolute atomic E-state index is 0.156. The number of para-hydroxylation sites is 1. The van der Waals surface area contributed by atoms with Crippen molar-refractivity contribution in [2.24, 2.45) is 11.7 Å². The van der Waals surface area contributed by atoms with E-state index in [0.717, 1.165) is 0 Å². The number of amides is 2. The van der Waals surface area contributed by atoms with E-state index in [2.05, 4.69) is 36.6 Å². The molecule has 2 aromatic carbocycles. The highest BCUT2D eigenvalue weighted by molar-refractivity contribution is 6.02. The van der Waals surface area contributed by atoms with Crippen molar-refractivity contribution in [3.05, 3.63) is 65.7 Å². The molecule has 0 saturated carbocycles. The average molecular weight is 339 g/mol. The van der Waals surface area contributed by atoms with Crippen LogP contribution in [0.2, 0.25) is 0 Å². The number of nitrogens with one attached hydrogen (secondary N) is 2. The molecular weight excluding hydrogens is 314 g/mol. The first-order chi connectivity index (χ1) is 12.0. The van der Waals surface area contributed by atoms with Crippen LogP contribution in [-0.4, -0.2) is 18.4 Å². The number of carbonyl (C=O) groups is 2. The molecule has 0 radical (unpaired) electrons. The van der Waals surface area contributed by atoms with Gasteiger partial charge in [-0.15, -0.1) is 0 Å². The third-order valence-electron chi connectivity index (χ3n) is 4.01. The molecule has 5 nitrogen and oxygen atoms in total. The molecule has 0 aromatic heterocycles. The van der Waals surface area contributed by atoms with E-state index < -0.39 is 5.91 Å². The number of hydrogen-bond acceptors (Lipinski definition) is 3. The second kappa shape index (κ2) is 8.99. The summed E-state index contributed by atoms with van der Waals surface area (Å²) < 4.78 is 0. The van der Waals surface area contributed by atoms with Crippen LogP contribution < -0.4 is 16.4 Å². The van der Waals surface area contributed by atoms with Crippen LogP contribution in [0.25, 0.3) is 0 Å². The van der Waals surface area contributed by atoms with Gasteiger partial charge in [-0.05, 0) is 23.6 Å². The summed E-state index contributed by atoms with van der Waals surface area (Å²) >= 11 is 0. The van der Waals surface area contributed by atoms with Crippen LogP contribution in [0.1, 0.15) is 42.2 Å². The minimum Gasteiger partial charge on any atom is -0.366 e. The Labute approximate surface area is 148 Å². The zero-order valence-electron chi connectivity index (χ0n) is 14.7. The number of rotatable bonds is 8. The van der Waals surface area contributed by atoms with Gasteiger partial charge in [-0.25, -0.2) is 0 Å². The van der Waals surface area contributed by atoms with E-state index in [1.54, 1.807) is 24.3 Å². The monoisotopic (exact) mass is 339 g/mol. The number of nitrogens with two attached hydrogens (primary N) is 1. The van der Waals surface area contributed by atoms with E-state index in [1.807, 2.05) is 18.2 Å². The van der Waals surface area contributed by atoms with Gasteiger partial charge in [0.15, 0.2) is 0 Å². The molecule has 132 valence electrons. The molecule has 0 bridgehead atoms. The van der Waals surface area contributed by atoms with Crippen LogP contribution in [0.4, 0.5) is 5.69 Å². The highest BCUT2D eigenvalue weighted by Crippen LogP contribution is 2.21. The second-order valence-electron chi connectivity index (χ2n) is 6.29. The van der Waals surface area contributed by atoms with E-state index in [1.165, 1.54) is 5.56 Å². The summed E-state index contributed by atoms with van der Waals surface area (Å²) in [5.41, 5.74) is 7.29. The lowest BCUT2D eigenvalue weighted by molar-refractivity contribution is -0.116. The predicted octanol–water partition coefficient (Wildman–Crippen LogP) is 3.10. The lowest BCUT2D eigenvalue weighted by atomic mass is 9.96. The summed E-state index contributed by atoms with van der Waals surface area (Å²) in [5.74, 6) is -0.309. The molecule has 4 N–H and O–H groups in total.